The summed E-state index contributed by atoms with van der Waals surface area (Å²) in [5.41, 5.74) is 8.52. The van der Waals surface area contributed by atoms with E-state index in [1.165, 1.54) is 10.9 Å². The van der Waals surface area contributed by atoms with E-state index < -0.39 is 0 Å². The molecule has 2 N–H and O–H groups in total. The van der Waals surface area contributed by atoms with Crippen molar-refractivity contribution in [1.82, 2.24) is 4.90 Å². The smallest absolute Gasteiger partial charge is 0.134 e. The summed E-state index contributed by atoms with van der Waals surface area (Å²) in [6.07, 6.45) is 2.09. The highest BCUT2D eigenvalue weighted by Gasteiger charge is 2.29. The van der Waals surface area contributed by atoms with Gasteiger partial charge in [-0.2, -0.15) is 0 Å². The number of benzene rings is 1. The van der Waals surface area contributed by atoms with Gasteiger partial charge in [-0.1, -0.05) is 32.0 Å². The van der Waals surface area contributed by atoms with Crippen molar-refractivity contribution in [3.05, 3.63) is 35.6 Å². The van der Waals surface area contributed by atoms with E-state index in [4.69, 9.17) is 10.2 Å². The summed E-state index contributed by atoms with van der Waals surface area (Å²) in [5.74, 6) is 1.69. The third-order valence-corrected chi connectivity index (χ3v) is 5.01. The maximum absolute atomic E-state index is 6.19. The summed E-state index contributed by atoms with van der Waals surface area (Å²) in [4.78, 5) is 2.52. The van der Waals surface area contributed by atoms with Gasteiger partial charge in [-0.25, -0.2) is 0 Å². The minimum absolute atomic E-state index is 0.322. The molecule has 0 bridgehead atoms. The number of likely N-dealkylation sites (tertiary alicyclic amines) is 1. The quantitative estimate of drug-likeness (QED) is 0.935. The number of nitrogens with two attached hydrogens (primary N) is 1. The lowest BCUT2D eigenvalue weighted by atomic mass is 9.93. The van der Waals surface area contributed by atoms with Gasteiger partial charge in [-0.15, -0.1) is 0 Å². The van der Waals surface area contributed by atoms with Gasteiger partial charge in [-0.05, 0) is 31.7 Å². The Balaban J connectivity index is 1.92. The SMILES string of the molecule is CCc1c(C(C)N2CCC(N)C(C)C2)oc2ccccc12. The summed E-state index contributed by atoms with van der Waals surface area (Å²) in [6, 6.07) is 9.04. The number of aryl methyl sites for hydroxylation is 1. The minimum Gasteiger partial charge on any atom is -0.459 e. The van der Waals surface area contributed by atoms with Gasteiger partial charge in [0.2, 0.25) is 0 Å². The second-order valence-electron chi connectivity index (χ2n) is 6.40. The average Bonchev–Trinajstić information content (AvgIpc) is 2.87. The van der Waals surface area contributed by atoms with Crippen molar-refractivity contribution in [1.29, 1.82) is 0 Å². The van der Waals surface area contributed by atoms with Crippen molar-refractivity contribution < 1.29 is 4.42 Å². The Labute approximate surface area is 127 Å². The van der Waals surface area contributed by atoms with E-state index in [-0.39, 0.29) is 0 Å². The van der Waals surface area contributed by atoms with Crippen LogP contribution in [0.5, 0.6) is 0 Å². The lowest BCUT2D eigenvalue weighted by Crippen LogP contribution is -2.46. The van der Waals surface area contributed by atoms with Crippen LogP contribution in [0.1, 0.15) is 44.6 Å². The lowest BCUT2D eigenvalue weighted by Gasteiger charge is -2.38. The molecule has 3 heteroatoms. The van der Waals surface area contributed by atoms with Gasteiger partial charge in [0.15, 0.2) is 0 Å². The zero-order valence-electron chi connectivity index (χ0n) is 13.3. The molecule has 3 atom stereocenters. The third kappa shape index (κ3) is 2.60. The van der Waals surface area contributed by atoms with Crippen molar-refractivity contribution in [2.24, 2.45) is 11.7 Å². The summed E-state index contributed by atoms with van der Waals surface area (Å²) < 4.78 is 6.19. The molecule has 0 radical (unpaired) electrons. The summed E-state index contributed by atoms with van der Waals surface area (Å²) in [6.45, 7) is 8.85. The second kappa shape index (κ2) is 5.82. The predicted molar refractivity (Wildman–Crippen MR) is 87.3 cm³/mol. The van der Waals surface area contributed by atoms with Gasteiger partial charge in [0.1, 0.15) is 11.3 Å². The highest BCUT2D eigenvalue weighted by Crippen LogP contribution is 2.34. The van der Waals surface area contributed by atoms with Gasteiger partial charge < -0.3 is 10.2 Å². The van der Waals surface area contributed by atoms with Crippen LogP contribution in [-0.2, 0) is 6.42 Å². The predicted octanol–water partition coefficient (Wildman–Crippen LogP) is 3.73. The lowest BCUT2D eigenvalue weighted by molar-refractivity contribution is 0.113. The van der Waals surface area contributed by atoms with Gasteiger partial charge in [0.05, 0.1) is 6.04 Å². The maximum atomic E-state index is 6.19. The molecule has 0 aliphatic carbocycles. The van der Waals surface area contributed by atoms with Crippen molar-refractivity contribution in [2.75, 3.05) is 13.1 Å². The molecule has 1 fully saturated rings. The Morgan fingerprint density at radius 2 is 2.14 bits per heavy atom. The van der Waals surface area contributed by atoms with Gasteiger partial charge >= 0.3 is 0 Å². The number of hydrogen-bond acceptors (Lipinski definition) is 3. The van der Waals surface area contributed by atoms with Crippen molar-refractivity contribution in [2.45, 2.75) is 45.7 Å². The molecule has 114 valence electrons. The fourth-order valence-corrected chi connectivity index (χ4v) is 3.53. The van der Waals surface area contributed by atoms with E-state index in [2.05, 4.69) is 43.9 Å². The molecule has 2 aromatic rings. The van der Waals surface area contributed by atoms with Crippen molar-refractivity contribution in [3.8, 4) is 0 Å². The standard InChI is InChI=1S/C18H26N2O/c1-4-14-15-7-5-6-8-17(15)21-18(14)13(3)20-10-9-16(19)12(2)11-20/h5-8,12-13,16H,4,9-11,19H2,1-3H3. The topological polar surface area (TPSA) is 42.4 Å². The molecule has 1 saturated heterocycles. The number of piperidine rings is 1. The first-order valence-corrected chi connectivity index (χ1v) is 8.11. The van der Waals surface area contributed by atoms with E-state index in [9.17, 15) is 0 Å². The molecule has 2 heterocycles. The van der Waals surface area contributed by atoms with Crippen LogP contribution in [0.3, 0.4) is 0 Å². The van der Waals surface area contributed by atoms with Crippen molar-refractivity contribution >= 4 is 11.0 Å². The number of fused-ring (bicyclic) bond motifs is 1. The third-order valence-electron chi connectivity index (χ3n) is 5.01. The summed E-state index contributed by atoms with van der Waals surface area (Å²) >= 11 is 0. The number of para-hydroxylation sites is 1. The number of rotatable bonds is 3. The molecule has 3 rings (SSSR count). The molecule has 21 heavy (non-hydrogen) atoms. The first-order chi connectivity index (χ1) is 10.1. The maximum Gasteiger partial charge on any atom is 0.134 e. The number of hydrogen-bond donors (Lipinski definition) is 1. The van der Waals surface area contributed by atoms with Crippen LogP contribution in [0.2, 0.25) is 0 Å². The van der Waals surface area contributed by atoms with Crippen molar-refractivity contribution in [3.63, 3.8) is 0 Å². The molecular formula is C18H26N2O. The molecule has 3 unspecified atom stereocenters. The van der Waals surface area contributed by atoms with Crippen LogP contribution in [0.25, 0.3) is 11.0 Å². The molecule has 3 nitrogen and oxygen atoms in total. The Hall–Kier alpha value is -1.32. The van der Waals surface area contributed by atoms with Gasteiger partial charge in [-0.3, -0.25) is 4.90 Å². The Kier molecular flexibility index (Phi) is 4.05. The molecule has 0 amide bonds. The summed E-state index contributed by atoms with van der Waals surface area (Å²) in [7, 11) is 0. The fraction of sp³-hybridized carbons (Fsp3) is 0.556. The molecule has 0 spiro atoms. The second-order valence-corrected chi connectivity index (χ2v) is 6.40. The number of nitrogens with zero attached hydrogens (tertiary/aromatic N) is 1. The van der Waals surface area contributed by atoms with E-state index in [0.717, 1.165) is 37.3 Å². The highest BCUT2D eigenvalue weighted by molar-refractivity contribution is 5.82. The van der Waals surface area contributed by atoms with Crippen LogP contribution in [0.4, 0.5) is 0 Å². The number of furan rings is 1. The Morgan fingerprint density at radius 1 is 1.38 bits per heavy atom. The molecule has 0 saturated carbocycles. The van der Waals surface area contributed by atoms with Gasteiger partial charge in [0, 0.05) is 30.1 Å². The molecule has 1 aromatic heterocycles. The van der Waals surface area contributed by atoms with Crippen LogP contribution >= 0.6 is 0 Å². The van der Waals surface area contributed by atoms with E-state index in [1.807, 2.05) is 6.07 Å². The Morgan fingerprint density at radius 3 is 2.86 bits per heavy atom. The first-order valence-electron chi connectivity index (χ1n) is 8.11. The fourth-order valence-electron chi connectivity index (χ4n) is 3.53. The normalized spacial score (nSPS) is 25.3. The first kappa shape index (κ1) is 14.6. The zero-order chi connectivity index (χ0) is 15.0. The minimum atomic E-state index is 0.322. The van der Waals surface area contributed by atoms with E-state index >= 15 is 0 Å². The monoisotopic (exact) mass is 286 g/mol. The van der Waals surface area contributed by atoms with Crippen LogP contribution in [0, 0.1) is 5.92 Å². The molecule has 1 aliphatic rings. The Bertz CT molecular complexity index is 619. The molecular weight excluding hydrogens is 260 g/mol. The van der Waals surface area contributed by atoms with Crippen LogP contribution in [0.15, 0.2) is 28.7 Å². The molecule has 1 aliphatic heterocycles. The van der Waals surface area contributed by atoms with Crippen LogP contribution in [-0.4, -0.2) is 24.0 Å². The summed E-state index contributed by atoms with van der Waals surface area (Å²) in [5, 5.41) is 1.27. The largest absolute Gasteiger partial charge is 0.459 e. The van der Waals surface area contributed by atoms with E-state index in [1.54, 1.807) is 0 Å². The van der Waals surface area contributed by atoms with E-state index in [0.29, 0.717) is 18.0 Å². The molecule has 1 aromatic carbocycles. The average molecular weight is 286 g/mol. The van der Waals surface area contributed by atoms with Gasteiger partial charge in [0.25, 0.3) is 0 Å². The zero-order valence-corrected chi connectivity index (χ0v) is 13.3. The highest BCUT2D eigenvalue weighted by atomic mass is 16.3. The van der Waals surface area contributed by atoms with Crippen LogP contribution < -0.4 is 5.73 Å².